The predicted octanol–water partition coefficient (Wildman–Crippen LogP) is 3.29. The van der Waals surface area contributed by atoms with E-state index in [1.165, 1.54) is 10.1 Å². The molecule has 0 aliphatic heterocycles. The molecule has 0 bridgehead atoms. The molecule has 0 saturated heterocycles. The van der Waals surface area contributed by atoms with Crippen molar-refractivity contribution < 1.29 is 24.7 Å². The van der Waals surface area contributed by atoms with Gasteiger partial charge in [-0.2, -0.15) is 0 Å². The third kappa shape index (κ3) is 2.27. The fourth-order valence-corrected chi connectivity index (χ4v) is 2.76. The minimum absolute atomic E-state index is 0. The van der Waals surface area contributed by atoms with Crippen LogP contribution in [0.25, 0.3) is 20.7 Å². The number of benzene rings is 1. The molecule has 1 nitrogen and oxygen atoms in total. The van der Waals surface area contributed by atoms with Crippen molar-refractivity contribution in [2.75, 3.05) is 0 Å². The smallest absolute Gasteiger partial charge is 0.133 e. The molecule has 2 aromatic heterocycles. The molecule has 87 valence electrons. The topological polar surface area (TPSA) is 3.88 Å². The van der Waals surface area contributed by atoms with E-state index in [2.05, 4.69) is 37.4 Å². The fraction of sp³-hybridized carbons (Fsp3) is 0. The van der Waals surface area contributed by atoms with Crippen molar-refractivity contribution in [1.82, 2.24) is 0 Å². The zero-order valence-corrected chi connectivity index (χ0v) is 12.2. The minimum Gasteiger partial charge on any atom is -0.320 e. The van der Waals surface area contributed by atoms with Crippen molar-refractivity contribution in [3.8, 4) is 10.6 Å². The standard InChI is InChI=1S/C14H10NS.Ir/c1-15-9-5-4-7-12(15)14-10-11-6-2-3-8-13(11)16-14;/h2-9H,1H2;/q-1;. The number of hydrogen-bond donors (Lipinski definition) is 0. The van der Waals surface area contributed by atoms with Crippen LogP contribution in [0.2, 0.25) is 0 Å². The van der Waals surface area contributed by atoms with Gasteiger partial charge in [-0.1, -0.05) is 24.3 Å². The van der Waals surface area contributed by atoms with Gasteiger partial charge in [0.05, 0.1) is 6.20 Å². The summed E-state index contributed by atoms with van der Waals surface area (Å²) >= 11 is 1.75. The van der Waals surface area contributed by atoms with Crippen molar-refractivity contribution in [1.29, 1.82) is 0 Å². The second kappa shape index (κ2) is 5.01. The van der Waals surface area contributed by atoms with Crippen LogP contribution < -0.4 is 4.57 Å². The average molecular weight is 417 g/mol. The van der Waals surface area contributed by atoms with Crippen LogP contribution in [0.15, 0.2) is 48.7 Å². The number of nitrogens with zero attached hydrogens (tertiary/aromatic N) is 1. The molecular weight excluding hydrogens is 406 g/mol. The molecule has 3 rings (SSSR count). The second-order valence-corrected chi connectivity index (χ2v) is 4.66. The van der Waals surface area contributed by atoms with Gasteiger partial charge >= 0.3 is 0 Å². The molecule has 0 amide bonds. The molecule has 0 saturated carbocycles. The van der Waals surface area contributed by atoms with Crippen LogP contribution in [0.4, 0.5) is 0 Å². The number of pyridine rings is 1. The first-order chi connectivity index (χ1) is 7.84. The van der Waals surface area contributed by atoms with Crippen molar-refractivity contribution in [2.24, 2.45) is 0 Å². The summed E-state index contributed by atoms with van der Waals surface area (Å²) in [4.78, 5) is 1.14. The number of thiophene rings is 1. The summed E-state index contributed by atoms with van der Waals surface area (Å²) in [7, 11) is 3.97. The fourth-order valence-electron chi connectivity index (χ4n) is 1.72. The summed E-state index contributed by atoms with van der Waals surface area (Å²) in [5, 5.41) is 1.17. The molecule has 0 aliphatic rings. The Balaban J connectivity index is 0.00000108. The molecule has 0 spiro atoms. The first kappa shape index (κ1) is 12.3. The Morgan fingerprint density at radius 3 is 2.59 bits per heavy atom. The van der Waals surface area contributed by atoms with Gasteiger partial charge in [0, 0.05) is 32.0 Å². The van der Waals surface area contributed by atoms with Gasteiger partial charge in [-0.05, 0) is 10.8 Å². The zero-order valence-electron chi connectivity index (χ0n) is 9.01. The van der Waals surface area contributed by atoms with Crippen molar-refractivity contribution in [2.45, 2.75) is 0 Å². The number of rotatable bonds is 1. The maximum atomic E-state index is 3.97. The molecule has 0 aliphatic carbocycles. The minimum atomic E-state index is 0. The summed E-state index contributed by atoms with van der Waals surface area (Å²) in [5.74, 6) is 0. The molecule has 0 N–H and O–H groups in total. The van der Waals surface area contributed by atoms with Gasteiger partial charge in [0.15, 0.2) is 0 Å². The van der Waals surface area contributed by atoms with E-state index in [1.807, 2.05) is 29.0 Å². The van der Waals surface area contributed by atoms with Crippen LogP contribution in [0.3, 0.4) is 0 Å². The quantitative estimate of drug-likeness (QED) is 0.423. The summed E-state index contributed by atoms with van der Waals surface area (Å²) in [5.41, 5.74) is 1.10. The monoisotopic (exact) mass is 417 g/mol. The molecule has 1 aromatic carbocycles. The molecule has 3 aromatic rings. The van der Waals surface area contributed by atoms with Gasteiger partial charge in [-0.3, -0.25) is 0 Å². The molecular formula is C14H10IrNS-. The van der Waals surface area contributed by atoms with E-state index in [0.29, 0.717) is 0 Å². The van der Waals surface area contributed by atoms with E-state index in [4.69, 9.17) is 0 Å². The average Bonchev–Trinajstić information content (AvgIpc) is 2.73. The zero-order chi connectivity index (χ0) is 11.0. The first-order valence-electron chi connectivity index (χ1n) is 5.07. The van der Waals surface area contributed by atoms with Crippen LogP contribution in [-0.4, -0.2) is 0 Å². The van der Waals surface area contributed by atoms with E-state index >= 15 is 0 Å². The van der Waals surface area contributed by atoms with Crippen LogP contribution in [0, 0.1) is 13.1 Å². The summed E-state index contributed by atoms with van der Waals surface area (Å²) in [6.07, 6.45) is 1.95. The predicted molar refractivity (Wildman–Crippen MR) is 67.0 cm³/mol. The Labute approximate surface area is 118 Å². The number of hydrogen-bond acceptors (Lipinski definition) is 1. The molecule has 3 heteroatoms. The molecule has 2 heterocycles. The molecule has 0 fully saturated rings. The van der Waals surface area contributed by atoms with E-state index in [0.717, 1.165) is 10.6 Å². The normalized spacial score (nSPS) is 10.1. The third-order valence-electron chi connectivity index (χ3n) is 2.52. The maximum absolute atomic E-state index is 3.97. The van der Waals surface area contributed by atoms with Crippen LogP contribution in [0.5, 0.6) is 0 Å². The third-order valence-corrected chi connectivity index (χ3v) is 3.61. The van der Waals surface area contributed by atoms with E-state index < -0.39 is 0 Å². The number of aromatic nitrogens is 1. The van der Waals surface area contributed by atoms with E-state index in [-0.39, 0.29) is 20.1 Å². The Kier molecular flexibility index (Phi) is 3.63. The molecule has 17 heavy (non-hydrogen) atoms. The SMILES string of the molecule is [CH2-][n+]1ccccc1-c1[c-]c2ccccc2s1.[Ir]. The summed E-state index contributed by atoms with van der Waals surface area (Å²) in [6.45, 7) is 0. The van der Waals surface area contributed by atoms with Crippen LogP contribution in [-0.2, 0) is 20.1 Å². The van der Waals surface area contributed by atoms with Gasteiger partial charge in [0.25, 0.3) is 0 Å². The second-order valence-electron chi connectivity index (χ2n) is 3.61. The van der Waals surface area contributed by atoms with Crippen molar-refractivity contribution >= 4 is 21.4 Å². The molecule has 1 radical (unpaired) electrons. The molecule has 0 atom stereocenters. The Hall–Kier alpha value is -1.15. The van der Waals surface area contributed by atoms with Gasteiger partial charge < -0.3 is 4.57 Å². The van der Waals surface area contributed by atoms with Crippen molar-refractivity contribution in [3.05, 3.63) is 61.8 Å². The van der Waals surface area contributed by atoms with Gasteiger partial charge in [-0.15, -0.1) is 23.6 Å². The van der Waals surface area contributed by atoms with E-state index in [1.54, 1.807) is 11.3 Å². The van der Waals surface area contributed by atoms with Crippen LogP contribution in [0.1, 0.15) is 0 Å². The van der Waals surface area contributed by atoms with E-state index in [9.17, 15) is 0 Å². The Morgan fingerprint density at radius 2 is 1.82 bits per heavy atom. The van der Waals surface area contributed by atoms with Gasteiger partial charge in [0.2, 0.25) is 0 Å². The summed E-state index contributed by atoms with van der Waals surface area (Å²) in [6, 6.07) is 17.8. The molecule has 0 unspecified atom stereocenters. The number of fused-ring (bicyclic) bond motifs is 1. The van der Waals surface area contributed by atoms with Crippen molar-refractivity contribution in [3.63, 3.8) is 0 Å². The summed E-state index contributed by atoms with van der Waals surface area (Å²) < 4.78 is 3.14. The first-order valence-corrected chi connectivity index (χ1v) is 5.89. The Morgan fingerprint density at radius 1 is 1.06 bits per heavy atom. The largest absolute Gasteiger partial charge is 0.320 e. The van der Waals surface area contributed by atoms with Crippen LogP contribution >= 0.6 is 11.3 Å². The van der Waals surface area contributed by atoms with Gasteiger partial charge in [-0.25, -0.2) is 11.3 Å². The maximum Gasteiger partial charge on any atom is 0.133 e. The Bertz CT molecular complexity index is 612. The van der Waals surface area contributed by atoms with Gasteiger partial charge in [0.1, 0.15) is 5.69 Å².